The minimum absolute atomic E-state index is 0.423. The third-order valence-electron chi connectivity index (χ3n) is 6.00. The second-order valence-electron chi connectivity index (χ2n) is 10.5. The Labute approximate surface area is 225 Å². The van der Waals surface area contributed by atoms with Gasteiger partial charge in [0.05, 0.1) is 6.42 Å². The van der Waals surface area contributed by atoms with Crippen molar-refractivity contribution in [3.8, 4) is 0 Å². The molecular weight excluding hydrogens is 484 g/mol. The van der Waals surface area contributed by atoms with E-state index in [1.165, 1.54) is 4.90 Å². The Hall–Kier alpha value is -3.88. The summed E-state index contributed by atoms with van der Waals surface area (Å²) >= 11 is 0. The SMILES string of the molecule is CCC(C)N(C(=O)C(CC(N)=O)NC(=O)OC(C)(C)C)C(C(=O)Nc1ccccc1C)c1cccc(C)c1. The van der Waals surface area contributed by atoms with Gasteiger partial charge in [-0.15, -0.1) is 0 Å². The fourth-order valence-electron chi connectivity index (χ4n) is 4.02. The average molecular weight is 525 g/mol. The van der Waals surface area contributed by atoms with Gasteiger partial charge in [-0.25, -0.2) is 4.79 Å². The van der Waals surface area contributed by atoms with E-state index in [1.807, 2.05) is 64.1 Å². The van der Waals surface area contributed by atoms with Crippen molar-refractivity contribution >= 4 is 29.5 Å². The van der Waals surface area contributed by atoms with Gasteiger partial charge in [0.25, 0.3) is 5.91 Å². The van der Waals surface area contributed by atoms with Gasteiger partial charge < -0.3 is 26.0 Å². The highest BCUT2D eigenvalue weighted by Crippen LogP contribution is 2.29. The number of nitrogens with one attached hydrogen (secondary N) is 2. The topological polar surface area (TPSA) is 131 Å². The van der Waals surface area contributed by atoms with Crippen molar-refractivity contribution < 1.29 is 23.9 Å². The van der Waals surface area contributed by atoms with Crippen LogP contribution in [-0.4, -0.2) is 46.4 Å². The number of benzene rings is 2. The highest BCUT2D eigenvalue weighted by molar-refractivity contribution is 6.00. The van der Waals surface area contributed by atoms with Crippen molar-refractivity contribution in [1.82, 2.24) is 10.2 Å². The maximum Gasteiger partial charge on any atom is 0.408 e. The van der Waals surface area contributed by atoms with Crippen LogP contribution in [0.25, 0.3) is 0 Å². The van der Waals surface area contributed by atoms with Crippen molar-refractivity contribution in [3.63, 3.8) is 0 Å². The molecule has 0 saturated heterocycles. The zero-order valence-electron chi connectivity index (χ0n) is 23.3. The summed E-state index contributed by atoms with van der Waals surface area (Å²) in [4.78, 5) is 53.9. The number of nitrogens with zero attached hydrogens (tertiary/aromatic N) is 1. The zero-order valence-corrected chi connectivity index (χ0v) is 23.3. The molecule has 4 amide bonds. The van der Waals surface area contributed by atoms with Gasteiger partial charge in [-0.05, 0) is 65.2 Å². The Bertz CT molecular complexity index is 1160. The Morgan fingerprint density at radius 2 is 1.68 bits per heavy atom. The van der Waals surface area contributed by atoms with E-state index in [0.29, 0.717) is 17.7 Å². The molecule has 0 spiro atoms. The molecule has 9 heteroatoms. The quantitative estimate of drug-likeness (QED) is 0.425. The number of anilines is 1. The van der Waals surface area contributed by atoms with Crippen molar-refractivity contribution in [2.24, 2.45) is 5.73 Å². The lowest BCUT2D eigenvalue weighted by atomic mass is 9.97. The molecule has 2 aromatic carbocycles. The monoisotopic (exact) mass is 524 g/mol. The number of carbonyl (C=O) groups is 4. The van der Waals surface area contributed by atoms with Crippen LogP contribution in [0.1, 0.15) is 70.2 Å². The van der Waals surface area contributed by atoms with E-state index in [9.17, 15) is 19.2 Å². The molecule has 0 aliphatic rings. The van der Waals surface area contributed by atoms with Gasteiger partial charge in [-0.3, -0.25) is 14.4 Å². The minimum Gasteiger partial charge on any atom is -0.444 e. The van der Waals surface area contributed by atoms with E-state index >= 15 is 0 Å². The summed E-state index contributed by atoms with van der Waals surface area (Å²) in [5.41, 5.74) is 7.62. The summed E-state index contributed by atoms with van der Waals surface area (Å²) < 4.78 is 5.31. The number of hydrogen-bond acceptors (Lipinski definition) is 5. The maximum atomic E-state index is 14.1. The van der Waals surface area contributed by atoms with Crippen LogP contribution in [0.15, 0.2) is 48.5 Å². The van der Waals surface area contributed by atoms with Gasteiger partial charge in [-0.1, -0.05) is 55.0 Å². The first-order valence-electron chi connectivity index (χ1n) is 12.8. The lowest BCUT2D eigenvalue weighted by Crippen LogP contribution is -2.55. The first kappa shape index (κ1) is 30.3. The van der Waals surface area contributed by atoms with Crippen LogP contribution in [-0.2, 0) is 19.1 Å². The molecule has 3 atom stereocenters. The Morgan fingerprint density at radius 1 is 1.03 bits per heavy atom. The summed E-state index contributed by atoms with van der Waals surface area (Å²) in [5.74, 6) is -1.82. The second-order valence-corrected chi connectivity index (χ2v) is 10.5. The van der Waals surface area contributed by atoms with Gasteiger partial charge in [0.15, 0.2) is 0 Å². The molecule has 0 aliphatic carbocycles. The number of rotatable bonds is 10. The Balaban J connectivity index is 2.58. The number of para-hydroxylation sites is 1. The van der Waals surface area contributed by atoms with E-state index in [4.69, 9.17) is 10.5 Å². The maximum absolute atomic E-state index is 14.1. The number of ether oxygens (including phenoxy) is 1. The van der Waals surface area contributed by atoms with Gasteiger partial charge in [0.1, 0.15) is 17.7 Å². The minimum atomic E-state index is -1.32. The van der Waals surface area contributed by atoms with Crippen LogP contribution < -0.4 is 16.4 Å². The molecule has 0 saturated carbocycles. The van der Waals surface area contributed by atoms with Crippen LogP contribution in [0.4, 0.5) is 10.5 Å². The molecule has 0 radical (unpaired) electrons. The number of nitrogens with two attached hydrogens (primary N) is 1. The van der Waals surface area contributed by atoms with E-state index in [1.54, 1.807) is 32.9 Å². The number of alkyl carbamates (subject to hydrolysis) is 1. The molecule has 0 fully saturated rings. The van der Waals surface area contributed by atoms with Gasteiger partial charge in [-0.2, -0.15) is 0 Å². The number of hydrogen-bond donors (Lipinski definition) is 3. The third-order valence-corrected chi connectivity index (χ3v) is 6.00. The van der Waals surface area contributed by atoms with Gasteiger partial charge >= 0.3 is 6.09 Å². The van der Waals surface area contributed by atoms with Crippen LogP contribution >= 0.6 is 0 Å². The van der Waals surface area contributed by atoms with Crippen LogP contribution in [0.2, 0.25) is 0 Å². The van der Waals surface area contributed by atoms with Crippen molar-refractivity contribution in [2.75, 3.05) is 5.32 Å². The molecule has 4 N–H and O–H groups in total. The first-order valence-corrected chi connectivity index (χ1v) is 12.8. The average Bonchev–Trinajstić information content (AvgIpc) is 2.81. The third kappa shape index (κ3) is 8.61. The highest BCUT2D eigenvalue weighted by Gasteiger charge is 2.39. The standard InChI is InChI=1S/C29H40N4O5/c1-8-20(4)33(27(36)23(17-24(30)34)32-28(37)38-29(5,6)7)25(21-14-11-12-18(2)16-21)26(35)31-22-15-10-9-13-19(22)3/h9-16,20,23,25H,8,17H2,1-7H3,(H2,30,34)(H,31,35)(H,32,37). The van der Waals surface area contributed by atoms with E-state index in [2.05, 4.69) is 10.6 Å². The molecule has 0 heterocycles. The first-order chi connectivity index (χ1) is 17.7. The fraction of sp³-hybridized carbons (Fsp3) is 0.448. The normalized spacial score (nSPS) is 13.6. The summed E-state index contributed by atoms with van der Waals surface area (Å²) in [6.07, 6.45) is -0.801. The van der Waals surface area contributed by atoms with Crippen LogP contribution in [0.3, 0.4) is 0 Å². The van der Waals surface area contributed by atoms with Gasteiger partial charge in [0.2, 0.25) is 11.8 Å². The summed E-state index contributed by atoms with van der Waals surface area (Å²) in [7, 11) is 0. The van der Waals surface area contributed by atoms with Crippen molar-refractivity contribution in [1.29, 1.82) is 0 Å². The summed E-state index contributed by atoms with van der Waals surface area (Å²) in [6, 6.07) is 11.9. The lowest BCUT2D eigenvalue weighted by Gasteiger charge is -2.38. The molecule has 0 aliphatic heterocycles. The number of amides is 4. The molecule has 9 nitrogen and oxygen atoms in total. The summed E-state index contributed by atoms with van der Waals surface area (Å²) in [5, 5.41) is 5.45. The summed E-state index contributed by atoms with van der Waals surface area (Å²) in [6.45, 7) is 12.5. The van der Waals surface area contributed by atoms with E-state index in [0.717, 1.165) is 11.1 Å². The molecule has 3 unspecified atom stereocenters. The predicted octanol–water partition coefficient (Wildman–Crippen LogP) is 4.38. The fourth-order valence-corrected chi connectivity index (χ4v) is 4.02. The number of aryl methyl sites for hydroxylation is 2. The second kappa shape index (κ2) is 13.1. The zero-order chi connectivity index (χ0) is 28.6. The smallest absolute Gasteiger partial charge is 0.408 e. The molecule has 38 heavy (non-hydrogen) atoms. The van der Waals surface area contributed by atoms with Crippen molar-refractivity contribution in [3.05, 3.63) is 65.2 Å². The van der Waals surface area contributed by atoms with Gasteiger partial charge in [0, 0.05) is 11.7 Å². The highest BCUT2D eigenvalue weighted by atomic mass is 16.6. The lowest BCUT2D eigenvalue weighted by molar-refractivity contribution is -0.144. The molecule has 0 bridgehead atoms. The number of primary amides is 1. The predicted molar refractivity (Wildman–Crippen MR) is 147 cm³/mol. The van der Waals surface area contributed by atoms with Crippen molar-refractivity contribution in [2.45, 2.75) is 85.0 Å². The molecule has 206 valence electrons. The Kier molecular flexibility index (Phi) is 10.4. The van der Waals surface area contributed by atoms with E-state index < -0.39 is 54.0 Å². The molecular formula is C29H40N4O5. The molecule has 2 rings (SSSR count). The number of carbonyl (C=O) groups excluding carboxylic acids is 4. The Morgan fingerprint density at radius 3 is 2.24 bits per heavy atom. The molecule has 0 aromatic heterocycles. The van der Waals surface area contributed by atoms with Crippen LogP contribution in [0.5, 0.6) is 0 Å². The van der Waals surface area contributed by atoms with Crippen LogP contribution in [0, 0.1) is 13.8 Å². The largest absolute Gasteiger partial charge is 0.444 e. The van der Waals surface area contributed by atoms with E-state index in [-0.39, 0.29) is 0 Å². The molecule has 2 aromatic rings.